The Morgan fingerprint density at radius 2 is 1.89 bits per heavy atom. The third-order valence-corrected chi connectivity index (χ3v) is 4.82. The van der Waals surface area contributed by atoms with E-state index in [0.717, 1.165) is 11.1 Å². The largest absolute Gasteiger partial charge is 0.482 e. The van der Waals surface area contributed by atoms with Gasteiger partial charge in [-0.1, -0.05) is 51.1 Å². The number of hydrogen-bond acceptors (Lipinski definition) is 3. The quantitative estimate of drug-likeness (QED) is 0.866. The second-order valence-corrected chi connectivity index (χ2v) is 7.98. The van der Waals surface area contributed by atoms with Crippen molar-refractivity contribution in [3.63, 3.8) is 0 Å². The molecule has 1 atom stereocenters. The van der Waals surface area contributed by atoms with E-state index in [1.54, 1.807) is 12.1 Å². The average Bonchev–Trinajstić information content (AvgIpc) is 2.64. The maximum atomic E-state index is 12.5. The van der Waals surface area contributed by atoms with Crippen LogP contribution in [0.25, 0.3) is 0 Å². The summed E-state index contributed by atoms with van der Waals surface area (Å²) in [6, 6.07) is 13.8. The Hall–Kier alpha value is -2.82. The van der Waals surface area contributed by atoms with E-state index in [4.69, 9.17) is 4.74 Å². The van der Waals surface area contributed by atoms with Crippen LogP contribution in [0.3, 0.4) is 0 Å². The van der Waals surface area contributed by atoms with Crippen LogP contribution in [0.15, 0.2) is 42.5 Å². The third kappa shape index (κ3) is 4.48. The van der Waals surface area contributed by atoms with Crippen molar-refractivity contribution in [1.82, 2.24) is 5.32 Å². The van der Waals surface area contributed by atoms with Crippen LogP contribution in [0.5, 0.6) is 5.75 Å². The van der Waals surface area contributed by atoms with E-state index >= 15 is 0 Å². The summed E-state index contributed by atoms with van der Waals surface area (Å²) < 4.78 is 5.36. The van der Waals surface area contributed by atoms with E-state index in [9.17, 15) is 9.59 Å². The summed E-state index contributed by atoms with van der Waals surface area (Å²) in [6.07, 6.45) is 0. The molecule has 0 aliphatic carbocycles. The molecule has 2 aromatic rings. The molecule has 2 amide bonds. The highest BCUT2D eigenvalue weighted by Gasteiger charge is 2.20. The number of nitrogens with one attached hydrogen (secondary N) is 2. The topological polar surface area (TPSA) is 67.4 Å². The normalized spacial score (nSPS) is 14.6. The molecular weight excluding hydrogens is 340 g/mol. The highest BCUT2D eigenvalue weighted by molar-refractivity contribution is 5.95. The predicted molar refractivity (Wildman–Crippen MR) is 106 cm³/mol. The fourth-order valence-electron chi connectivity index (χ4n) is 2.99. The summed E-state index contributed by atoms with van der Waals surface area (Å²) in [4.78, 5) is 24.0. The Balaban J connectivity index is 1.62. The van der Waals surface area contributed by atoms with Gasteiger partial charge >= 0.3 is 0 Å². The second-order valence-electron chi connectivity index (χ2n) is 7.98. The van der Waals surface area contributed by atoms with Gasteiger partial charge in [0.2, 0.25) is 5.91 Å². The van der Waals surface area contributed by atoms with Crippen LogP contribution in [0.4, 0.5) is 5.69 Å². The highest BCUT2D eigenvalue weighted by atomic mass is 16.5. The first-order valence-electron chi connectivity index (χ1n) is 9.18. The molecule has 1 aliphatic rings. The monoisotopic (exact) mass is 366 g/mol. The molecule has 3 rings (SSSR count). The minimum absolute atomic E-state index is 0.0242. The second kappa shape index (κ2) is 7.43. The molecule has 5 heteroatoms. The molecular formula is C22H26N2O3. The standard InChI is InChI=1S/C22H26N2O3/c1-14(16-7-10-19-18(11-16)24-20(25)13-27-19)21(26)23-12-15-5-8-17(9-6-15)22(2,3)4/h5-11,14H,12-13H2,1-4H3,(H,23,26)(H,24,25). The zero-order valence-electron chi connectivity index (χ0n) is 16.3. The lowest BCUT2D eigenvalue weighted by Gasteiger charge is -2.20. The summed E-state index contributed by atoms with van der Waals surface area (Å²) in [5, 5.41) is 5.76. The van der Waals surface area contributed by atoms with Gasteiger partial charge in [0, 0.05) is 6.54 Å². The van der Waals surface area contributed by atoms with Gasteiger partial charge in [-0.25, -0.2) is 0 Å². The van der Waals surface area contributed by atoms with Crippen molar-refractivity contribution >= 4 is 17.5 Å². The van der Waals surface area contributed by atoms with Crippen LogP contribution in [0.2, 0.25) is 0 Å². The van der Waals surface area contributed by atoms with Gasteiger partial charge in [0.1, 0.15) is 5.75 Å². The summed E-state index contributed by atoms with van der Waals surface area (Å²) in [5.41, 5.74) is 3.89. The number of ether oxygens (including phenoxy) is 1. The molecule has 1 heterocycles. The number of benzene rings is 2. The lowest BCUT2D eigenvalue weighted by molar-refractivity contribution is -0.122. The maximum Gasteiger partial charge on any atom is 0.262 e. The maximum absolute atomic E-state index is 12.5. The molecule has 0 fully saturated rings. The zero-order valence-corrected chi connectivity index (χ0v) is 16.3. The van der Waals surface area contributed by atoms with Crippen molar-refractivity contribution in [3.05, 3.63) is 59.2 Å². The summed E-state index contributed by atoms with van der Waals surface area (Å²) in [5.74, 6) is 0.0567. The van der Waals surface area contributed by atoms with Crippen molar-refractivity contribution in [2.75, 3.05) is 11.9 Å². The molecule has 0 saturated heterocycles. The predicted octanol–water partition coefficient (Wildman–Crippen LogP) is 3.73. The highest BCUT2D eigenvalue weighted by Crippen LogP contribution is 2.31. The van der Waals surface area contributed by atoms with E-state index in [-0.39, 0.29) is 29.8 Å². The van der Waals surface area contributed by atoms with Crippen molar-refractivity contribution in [1.29, 1.82) is 0 Å². The molecule has 0 spiro atoms. The van der Waals surface area contributed by atoms with E-state index in [2.05, 4.69) is 55.7 Å². The smallest absolute Gasteiger partial charge is 0.262 e. The fraction of sp³-hybridized carbons (Fsp3) is 0.364. The molecule has 142 valence electrons. The van der Waals surface area contributed by atoms with E-state index in [1.807, 2.05) is 13.0 Å². The number of hydrogen-bond donors (Lipinski definition) is 2. The van der Waals surface area contributed by atoms with Gasteiger partial charge in [0.15, 0.2) is 6.61 Å². The van der Waals surface area contributed by atoms with Gasteiger partial charge in [0.25, 0.3) is 5.91 Å². The van der Waals surface area contributed by atoms with Crippen LogP contribution in [0.1, 0.15) is 50.3 Å². The number of rotatable bonds is 4. The molecule has 1 aliphatic heterocycles. The molecule has 0 saturated carbocycles. The Bertz CT molecular complexity index is 851. The lowest BCUT2D eigenvalue weighted by atomic mass is 9.87. The Morgan fingerprint density at radius 1 is 1.19 bits per heavy atom. The number of amides is 2. The number of fused-ring (bicyclic) bond motifs is 1. The van der Waals surface area contributed by atoms with Crippen LogP contribution < -0.4 is 15.4 Å². The lowest BCUT2D eigenvalue weighted by Crippen LogP contribution is -2.28. The molecule has 27 heavy (non-hydrogen) atoms. The summed E-state index contributed by atoms with van der Waals surface area (Å²) >= 11 is 0. The van der Waals surface area contributed by atoms with E-state index in [1.165, 1.54) is 5.56 Å². The SMILES string of the molecule is CC(C(=O)NCc1ccc(C(C)(C)C)cc1)c1ccc2c(c1)NC(=O)CO2. The molecule has 2 aromatic carbocycles. The fourth-order valence-corrected chi connectivity index (χ4v) is 2.99. The van der Waals surface area contributed by atoms with Gasteiger partial charge in [-0.2, -0.15) is 0 Å². The van der Waals surface area contributed by atoms with Crippen molar-refractivity contribution < 1.29 is 14.3 Å². The molecule has 0 bridgehead atoms. The summed E-state index contributed by atoms with van der Waals surface area (Å²) in [6.45, 7) is 8.90. The van der Waals surface area contributed by atoms with Crippen LogP contribution in [-0.4, -0.2) is 18.4 Å². The van der Waals surface area contributed by atoms with Crippen molar-refractivity contribution in [3.8, 4) is 5.75 Å². The molecule has 1 unspecified atom stereocenters. The van der Waals surface area contributed by atoms with Crippen molar-refractivity contribution in [2.45, 2.75) is 45.6 Å². The molecule has 0 radical (unpaired) electrons. The summed E-state index contributed by atoms with van der Waals surface area (Å²) in [7, 11) is 0. The van der Waals surface area contributed by atoms with Gasteiger partial charge in [0.05, 0.1) is 11.6 Å². The first kappa shape index (κ1) is 19.0. The number of carbonyl (C=O) groups is 2. The Morgan fingerprint density at radius 3 is 2.56 bits per heavy atom. The Labute approximate surface area is 160 Å². The first-order chi connectivity index (χ1) is 12.7. The van der Waals surface area contributed by atoms with Gasteiger partial charge in [-0.15, -0.1) is 0 Å². The van der Waals surface area contributed by atoms with Crippen molar-refractivity contribution in [2.24, 2.45) is 0 Å². The van der Waals surface area contributed by atoms with E-state index in [0.29, 0.717) is 18.0 Å². The molecule has 0 aromatic heterocycles. The van der Waals surface area contributed by atoms with Crippen LogP contribution in [-0.2, 0) is 21.5 Å². The van der Waals surface area contributed by atoms with Crippen LogP contribution in [0, 0.1) is 0 Å². The average molecular weight is 366 g/mol. The molecule has 5 nitrogen and oxygen atoms in total. The van der Waals surface area contributed by atoms with Gasteiger partial charge in [-0.05, 0) is 41.2 Å². The number of carbonyl (C=O) groups excluding carboxylic acids is 2. The first-order valence-corrected chi connectivity index (χ1v) is 9.18. The number of anilines is 1. The van der Waals surface area contributed by atoms with Gasteiger partial charge < -0.3 is 15.4 Å². The zero-order chi connectivity index (χ0) is 19.6. The Kier molecular flexibility index (Phi) is 5.22. The van der Waals surface area contributed by atoms with E-state index < -0.39 is 0 Å². The minimum atomic E-state index is -0.331. The van der Waals surface area contributed by atoms with Gasteiger partial charge in [-0.3, -0.25) is 9.59 Å². The minimum Gasteiger partial charge on any atom is -0.482 e. The third-order valence-electron chi connectivity index (χ3n) is 4.82. The molecule has 2 N–H and O–H groups in total. The van der Waals surface area contributed by atoms with Crippen LogP contribution >= 0.6 is 0 Å².